The molecule has 0 aliphatic rings. The Balaban J connectivity index is 1.83. The smallest absolute Gasteiger partial charge is 0.258 e. The van der Waals surface area contributed by atoms with Gasteiger partial charge in [-0.2, -0.15) is 0 Å². The van der Waals surface area contributed by atoms with Crippen LogP contribution in [0.15, 0.2) is 54.6 Å². The first-order valence-electron chi connectivity index (χ1n) is 8.91. The molecule has 0 spiro atoms. The average Bonchev–Trinajstić information content (AvgIpc) is 2.70. The highest BCUT2D eigenvalue weighted by molar-refractivity contribution is 6.09. The predicted octanol–water partition coefficient (Wildman–Crippen LogP) is 2.33. The van der Waals surface area contributed by atoms with E-state index in [-0.39, 0.29) is 18.3 Å². The van der Waals surface area contributed by atoms with Crippen molar-refractivity contribution in [3.8, 4) is 5.75 Å². The van der Waals surface area contributed by atoms with E-state index < -0.39 is 11.9 Å². The number of ether oxygens (including phenoxy) is 1. The zero-order valence-electron chi connectivity index (χ0n) is 15.5. The minimum Gasteiger partial charge on any atom is -0.484 e. The highest BCUT2D eigenvalue weighted by Crippen LogP contribution is 2.15. The number of carbonyl (C=O) groups is 3. The van der Waals surface area contributed by atoms with E-state index in [1.54, 1.807) is 43.3 Å². The van der Waals surface area contributed by atoms with Crippen LogP contribution in [0.3, 0.4) is 0 Å². The summed E-state index contributed by atoms with van der Waals surface area (Å²) in [4.78, 5) is 36.0. The summed E-state index contributed by atoms with van der Waals surface area (Å²) in [6, 6.07) is 15.0. The maximum absolute atomic E-state index is 12.3. The molecule has 6 nitrogen and oxygen atoms in total. The summed E-state index contributed by atoms with van der Waals surface area (Å²) in [7, 11) is 0. The molecule has 2 aromatic carbocycles. The number of hydrogen-bond acceptors (Lipinski definition) is 4. The normalized spacial score (nSPS) is 11.3. The third kappa shape index (κ3) is 6.26. The van der Waals surface area contributed by atoms with Gasteiger partial charge in [0.1, 0.15) is 11.8 Å². The molecule has 27 heavy (non-hydrogen) atoms. The molecule has 0 unspecified atom stereocenters. The number of ketones is 1. The highest BCUT2D eigenvalue weighted by Gasteiger charge is 2.15. The van der Waals surface area contributed by atoms with Crippen molar-refractivity contribution in [3.05, 3.63) is 65.7 Å². The van der Waals surface area contributed by atoms with Gasteiger partial charge in [0.25, 0.3) is 5.91 Å². The Labute approximate surface area is 158 Å². The molecule has 0 radical (unpaired) electrons. The molecule has 2 rings (SSSR count). The maximum atomic E-state index is 12.3. The summed E-state index contributed by atoms with van der Waals surface area (Å²) in [5.41, 5.74) is 1.15. The fraction of sp³-hybridized carbons (Fsp3) is 0.286. The van der Waals surface area contributed by atoms with Crippen LogP contribution in [0.25, 0.3) is 0 Å². The van der Waals surface area contributed by atoms with E-state index >= 15 is 0 Å². The molecule has 0 aliphatic carbocycles. The van der Waals surface area contributed by atoms with Crippen LogP contribution >= 0.6 is 0 Å². The van der Waals surface area contributed by atoms with Crippen molar-refractivity contribution < 1.29 is 19.1 Å². The lowest BCUT2D eigenvalue weighted by Crippen LogP contribution is -2.46. The van der Waals surface area contributed by atoms with Gasteiger partial charge in [0, 0.05) is 17.7 Å². The van der Waals surface area contributed by atoms with E-state index in [9.17, 15) is 14.4 Å². The van der Waals surface area contributed by atoms with Gasteiger partial charge in [-0.25, -0.2) is 0 Å². The van der Waals surface area contributed by atoms with Crippen LogP contribution in [0.4, 0.5) is 0 Å². The molecule has 0 saturated carbocycles. The lowest BCUT2D eigenvalue weighted by atomic mass is 10.0. The van der Waals surface area contributed by atoms with Crippen LogP contribution in [-0.2, 0) is 9.59 Å². The first-order chi connectivity index (χ1) is 13.0. The van der Waals surface area contributed by atoms with Gasteiger partial charge in [0.2, 0.25) is 5.91 Å². The van der Waals surface area contributed by atoms with Gasteiger partial charge in [-0.05, 0) is 37.6 Å². The monoisotopic (exact) mass is 368 g/mol. The van der Waals surface area contributed by atoms with E-state index in [2.05, 4.69) is 10.6 Å². The number of nitrogens with one attached hydrogen (secondary N) is 2. The molecule has 2 aromatic rings. The first kappa shape index (κ1) is 20.2. The van der Waals surface area contributed by atoms with Crippen molar-refractivity contribution in [2.45, 2.75) is 26.3 Å². The Bertz CT molecular complexity index is 773. The van der Waals surface area contributed by atoms with Gasteiger partial charge in [-0.3, -0.25) is 14.4 Å². The third-order valence-electron chi connectivity index (χ3n) is 3.84. The van der Waals surface area contributed by atoms with Crippen molar-refractivity contribution in [2.75, 3.05) is 13.2 Å². The molecule has 2 N–H and O–H groups in total. The van der Waals surface area contributed by atoms with Crippen LogP contribution in [0.2, 0.25) is 0 Å². The van der Waals surface area contributed by atoms with Crippen molar-refractivity contribution >= 4 is 17.6 Å². The molecule has 0 heterocycles. The largest absolute Gasteiger partial charge is 0.484 e. The van der Waals surface area contributed by atoms with Gasteiger partial charge in [-0.15, -0.1) is 0 Å². The third-order valence-corrected chi connectivity index (χ3v) is 3.84. The number of hydrogen-bond donors (Lipinski definition) is 2. The van der Waals surface area contributed by atoms with E-state index in [0.717, 1.165) is 6.42 Å². The number of rotatable bonds is 9. The van der Waals surface area contributed by atoms with Crippen LogP contribution in [0.5, 0.6) is 5.75 Å². The SMILES string of the molecule is CCCNC(=O)[C@@H](C)NC(=O)COc1ccc(C(=O)c2ccccc2)cc1. The van der Waals surface area contributed by atoms with E-state index in [0.29, 0.717) is 23.4 Å². The van der Waals surface area contributed by atoms with Crippen molar-refractivity contribution in [1.82, 2.24) is 10.6 Å². The molecule has 2 amide bonds. The Morgan fingerprint density at radius 1 is 0.963 bits per heavy atom. The summed E-state index contributed by atoms with van der Waals surface area (Å²) in [6.07, 6.45) is 0.832. The Morgan fingerprint density at radius 3 is 2.22 bits per heavy atom. The summed E-state index contributed by atoms with van der Waals surface area (Å²) >= 11 is 0. The average molecular weight is 368 g/mol. The van der Waals surface area contributed by atoms with Crippen molar-refractivity contribution in [3.63, 3.8) is 0 Å². The van der Waals surface area contributed by atoms with Crippen LogP contribution < -0.4 is 15.4 Å². The second kappa shape index (κ2) is 10.1. The van der Waals surface area contributed by atoms with Crippen molar-refractivity contribution in [2.24, 2.45) is 0 Å². The minimum atomic E-state index is -0.626. The second-order valence-electron chi connectivity index (χ2n) is 6.09. The molecule has 0 fully saturated rings. The lowest BCUT2D eigenvalue weighted by molar-refractivity contribution is -0.129. The Morgan fingerprint density at radius 2 is 1.59 bits per heavy atom. The molecule has 0 saturated heterocycles. The fourth-order valence-electron chi connectivity index (χ4n) is 2.36. The van der Waals surface area contributed by atoms with Crippen molar-refractivity contribution in [1.29, 1.82) is 0 Å². The fourth-order valence-corrected chi connectivity index (χ4v) is 2.36. The Hall–Kier alpha value is -3.15. The summed E-state index contributed by atoms with van der Waals surface area (Å²) in [5, 5.41) is 5.29. The highest BCUT2D eigenvalue weighted by atomic mass is 16.5. The molecule has 1 atom stereocenters. The molecular weight excluding hydrogens is 344 g/mol. The van der Waals surface area contributed by atoms with Gasteiger partial charge in [0.15, 0.2) is 12.4 Å². The van der Waals surface area contributed by atoms with Crippen LogP contribution in [0, 0.1) is 0 Å². The van der Waals surface area contributed by atoms with E-state index in [1.807, 2.05) is 25.1 Å². The standard InChI is InChI=1S/C21H24N2O4/c1-3-13-22-21(26)15(2)23-19(24)14-27-18-11-9-17(10-12-18)20(25)16-7-5-4-6-8-16/h4-12,15H,3,13-14H2,1-2H3,(H,22,26)(H,23,24)/t15-/m1/s1. The van der Waals surface area contributed by atoms with Crippen LogP contribution in [0.1, 0.15) is 36.2 Å². The molecule has 0 bridgehead atoms. The summed E-state index contributed by atoms with van der Waals surface area (Å²) < 4.78 is 5.41. The number of amides is 2. The summed E-state index contributed by atoms with van der Waals surface area (Å²) in [5.74, 6) is -0.225. The number of carbonyl (C=O) groups excluding carboxylic acids is 3. The van der Waals surface area contributed by atoms with Gasteiger partial charge >= 0.3 is 0 Å². The molecule has 0 aromatic heterocycles. The quantitative estimate of drug-likeness (QED) is 0.666. The minimum absolute atomic E-state index is 0.0770. The lowest BCUT2D eigenvalue weighted by Gasteiger charge is -2.14. The zero-order chi connectivity index (χ0) is 19.6. The zero-order valence-corrected chi connectivity index (χ0v) is 15.5. The van der Waals surface area contributed by atoms with E-state index in [1.165, 1.54) is 0 Å². The van der Waals surface area contributed by atoms with Gasteiger partial charge in [-0.1, -0.05) is 37.3 Å². The van der Waals surface area contributed by atoms with Crippen LogP contribution in [-0.4, -0.2) is 36.8 Å². The molecule has 6 heteroatoms. The Kier molecular flexibility index (Phi) is 7.55. The molecule has 0 aliphatic heterocycles. The predicted molar refractivity (Wildman–Crippen MR) is 103 cm³/mol. The number of benzene rings is 2. The van der Waals surface area contributed by atoms with E-state index in [4.69, 9.17) is 4.74 Å². The first-order valence-corrected chi connectivity index (χ1v) is 8.91. The van der Waals surface area contributed by atoms with Gasteiger partial charge < -0.3 is 15.4 Å². The maximum Gasteiger partial charge on any atom is 0.258 e. The summed E-state index contributed by atoms with van der Waals surface area (Å²) in [6.45, 7) is 3.93. The topological polar surface area (TPSA) is 84.5 Å². The second-order valence-corrected chi connectivity index (χ2v) is 6.09. The molecule has 142 valence electrons. The molecular formula is C21H24N2O4. The van der Waals surface area contributed by atoms with Gasteiger partial charge in [0.05, 0.1) is 0 Å².